The third-order valence-electron chi connectivity index (χ3n) is 7.12. The first-order valence-corrected chi connectivity index (χ1v) is 16.7. The number of carbonyl (C=O) groups excluding carboxylic acids is 3. The zero-order chi connectivity index (χ0) is 33.3. The first-order valence-electron chi connectivity index (χ1n) is 15.0. The minimum atomic E-state index is -0.610. The highest BCUT2D eigenvalue weighted by Gasteiger charge is 2.24. The van der Waals surface area contributed by atoms with Gasteiger partial charge in [-0.3, -0.25) is 14.4 Å². The first-order chi connectivity index (χ1) is 23.4. The largest absolute Gasteiger partial charge is 0.465 e. The van der Waals surface area contributed by atoms with Crippen molar-refractivity contribution in [2.75, 3.05) is 10.6 Å². The lowest BCUT2D eigenvalue weighted by atomic mass is 10.1. The quantitative estimate of drug-likeness (QED) is 0.0940. The normalized spacial score (nSPS) is 11.8. The molecule has 2 aromatic heterocycles. The second-order valence-corrected chi connectivity index (χ2v) is 12.9. The van der Waals surface area contributed by atoms with Crippen molar-refractivity contribution >= 4 is 57.7 Å². The summed E-state index contributed by atoms with van der Waals surface area (Å²) in [6.07, 6.45) is 2.95. The number of aryl methyl sites for hydroxylation is 1. The number of hydrogen-bond donors (Lipinski definition) is 3. The Hall–Kier alpha value is -5.71. The van der Waals surface area contributed by atoms with Gasteiger partial charge in [-0.2, -0.15) is 0 Å². The van der Waals surface area contributed by atoms with Gasteiger partial charge in [0.1, 0.15) is 16.7 Å². The second kappa shape index (κ2) is 15.3. The molecule has 238 valence electrons. The molecule has 10 heteroatoms. The van der Waals surface area contributed by atoms with Gasteiger partial charge in [0.25, 0.3) is 11.8 Å². The number of carbonyl (C=O) groups is 3. The third-order valence-corrected chi connectivity index (χ3v) is 9.25. The molecule has 0 bridgehead atoms. The summed E-state index contributed by atoms with van der Waals surface area (Å²) in [5.41, 5.74) is 3.54. The molecule has 0 aliphatic rings. The monoisotopic (exact) mass is 670 g/mol. The van der Waals surface area contributed by atoms with Gasteiger partial charge in [-0.15, -0.1) is 23.1 Å². The van der Waals surface area contributed by atoms with E-state index in [-0.39, 0.29) is 11.6 Å². The Bertz CT molecular complexity index is 2040. The zero-order valence-electron chi connectivity index (χ0n) is 25.8. The molecule has 0 radical (unpaired) electrons. The van der Waals surface area contributed by atoms with Crippen molar-refractivity contribution in [1.82, 2.24) is 10.3 Å². The van der Waals surface area contributed by atoms with Gasteiger partial charge in [0.05, 0.1) is 12.0 Å². The van der Waals surface area contributed by atoms with Gasteiger partial charge in [0, 0.05) is 32.7 Å². The molecule has 0 fully saturated rings. The van der Waals surface area contributed by atoms with Crippen LogP contribution >= 0.6 is 23.1 Å². The smallest absolute Gasteiger partial charge is 0.272 e. The average molecular weight is 671 g/mol. The SMILES string of the molecule is Cc1sc(NC(=O)C(Sc2cccc(NC(=O)/C(=C/c3ccco3)NC(=O)c3ccccc3)c2)c2ccccc2)nc1-c1ccccc1. The van der Waals surface area contributed by atoms with E-state index in [1.54, 1.807) is 54.6 Å². The Morgan fingerprint density at radius 2 is 1.52 bits per heavy atom. The van der Waals surface area contributed by atoms with Crippen LogP contribution in [0.1, 0.15) is 31.8 Å². The lowest BCUT2D eigenvalue weighted by Crippen LogP contribution is -2.30. The summed E-state index contributed by atoms with van der Waals surface area (Å²) >= 11 is 2.78. The van der Waals surface area contributed by atoms with Crippen LogP contribution in [0.4, 0.5) is 10.8 Å². The van der Waals surface area contributed by atoms with E-state index in [9.17, 15) is 14.4 Å². The number of amides is 3. The highest BCUT2D eigenvalue weighted by Crippen LogP contribution is 2.38. The van der Waals surface area contributed by atoms with E-state index in [0.29, 0.717) is 22.1 Å². The van der Waals surface area contributed by atoms with Crippen LogP contribution in [0.5, 0.6) is 0 Å². The fraction of sp³-hybridized carbons (Fsp3) is 0.0526. The van der Waals surface area contributed by atoms with Crippen molar-refractivity contribution in [3.8, 4) is 11.3 Å². The standard InChI is InChI=1S/C38H30N4O4S2/c1-25-33(26-13-5-2-6-14-26)41-38(47-25)42-37(45)34(27-15-7-3-8-16-27)48-31-21-11-19-29(23-31)39-36(44)32(24-30-20-12-22-46-30)40-35(43)28-17-9-4-10-18-28/h2-24,34H,1H3,(H,39,44)(H,40,43)(H,41,42,45)/b32-24-. The molecule has 0 aliphatic carbocycles. The summed E-state index contributed by atoms with van der Waals surface area (Å²) < 4.78 is 5.40. The molecule has 0 spiro atoms. The van der Waals surface area contributed by atoms with Crippen LogP contribution in [-0.4, -0.2) is 22.7 Å². The minimum absolute atomic E-state index is 0.00649. The summed E-state index contributed by atoms with van der Waals surface area (Å²) in [5.74, 6) is -0.790. The van der Waals surface area contributed by atoms with Crippen LogP contribution in [-0.2, 0) is 9.59 Å². The van der Waals surface area contributed by atoms with Crippen molar-refractivity contribution in [3.63, 3.8) is 0 Å². The topological polar surface area (TPSA) is 113 Å². The summed E-state index contributed by atoms with van der Waals surface area (Å²) in [6.45, 7) is 1.99. The zero-order valence-corrected chi connectivity index (χ0v) is 27.4. The molecule has 0 saturated heterocycles. The van der Waals surface area contributed by atoms with Crippen molar-refractivity contribution in [2.45, 2.75) is 17.1 Å². The van der Waals surface area contributed by atoms with E-state index in [4.69, 9.17) is 9.40 Å². The van der Waals surface area contributed by atoms with Gasteiger partial charge in [-0.1, -0.05) is 84.9 Å². The molecule has 0 saturated carbocycles. The Morgan fingerprint density at radius 1 is 0.812 bits per heavy atom. The fourth-order valence-electron chi connectivity index (χ4n) is 4.83. The van der Waals surface area contributed by atoms with Crippen molar-refractivity contribution in [2.24, 2.45) is 0 Å². The van der Waals surface area contributed by atoms with Gasteiger partial charge in [-0.05, 0) is 55.0 Å². The number of hydrogen-bond acceptors (Lipinski definition) is 7. The highest BCUT2D eigenvalue weighted by atomic mass is 32.2. The van der Waals surface area contributed by atoms with Crippen LogP contribution in [0.3, 0.4) is 0 Å². The fourth-order valence-corrected chi connectivity index (χ4v) is 6.75. The van der Waals surface area contributed by atoms with E-state index in [1.165, 1.54) is 35.4 Å². The number of benzene rings is 4. The van der Waals surface area contributed by atoms with Crippen LogP contribution in [0.2, 0.25) is 0 Å². The number of aromatic nitrogens is 1. The van der Waals surface area contributed by atoms with Crippen LogP contribution in [0.15, 0.2) is 149 Å². The molecular formula is C38H30N4O4S2. The minimum Gasteiger partial charge on any atom is -0.465 e. The molecule has 1 unspecified atom stereocenters. The van der Waals surface area contributed by atoms with Gasteiger partial charge in [-0.25, -0.2) is 4.98 Å². The first kappa shape index (κ1) is 32.2. The van der Waals surface area contributed by atoms with Crippen molar-refractivity contribution in [1.29, 1.82) is 0 Å². The second-order valence-electron chi connectivity index (χ2n) is 10.6. The number of nitrogens with zero attached hydrogens (tertiary/aromatic N) is 1. The lowest BCUT2D eigenvalue weighted by Gasteiger charge is -2.17. The van der Waals surface area contributed by atoms with E-state index < -0.39 is 17.1 Å². The predicted octanol–water partition coefficient (Wildman–Crippen LogP) is 8.59. The molecule has 0 aliphatic heterocycles. The number of nitrogens with one attached hydrogen (secondary N) is 3. The number of anilines is 2. The van der Waals surface area contributed by atoms with Gasteiger partial charge in [0.15, 0.2) is 5.13 Å². The molecular weight excluding hydrogens is 641 g/mol. The molecule has 3 amide bonds. The Balaban J connectivity index is 1.20. The molecule has 2 heterocycles. The van der Waals surface area contributed by atoms with E-state index >= 15 is 0 Å². The molecule has 3 N–H and O–H groups in total. The molecule has 6 rings (SSSR count). The van der Waals surface area contributed by atoms with Crippen molar-refractivity contribution < 1.29 is 18.8 Å². The number of furan rings is 1. The van der Waals surface area contributed by atoms with E-state index in [2.05, 4.69) is 16.0 Å². The van der Waals surface area contributed by atoms with Crippen LogP contribution in [0.25, 0.3) is 17.3 Å². The molecule has 4 aromatic carbocycles. The van der Waals surface area contributed by atoms with Gasteiger partial charge < -0.3 is 20.4 Å². The maximum absolute atomic E-state index is 13.8. The molecule has 1 atom stereocenters. The summed E-state index contributed by atoms with van der Waals surface area (Å²) in [5, 5.41) is 8.51. The average Bonchev–Trinajstić information content (AvgIpc) is 3.77. The Kier molecular flexibility index (Phi) is 10.2. The maximum Gasteiger partial charge on any atom is 0.272 e. The Labute approximate surface area is 285 Å². The van der Waals surface area contributed by atoms with E-state index in [0.717, 1.165) is 26.6 Å². The van der Waals surface area contributed by atoms with E-state index in [1.807, 2.05) is 79.7 Å². The van der Waals surface area contributed by atoms with Crippen LogP contribution < -0.4 is 16.0 Å². The molecule has 48 heavy (non-hydrogen) atoms. The maximum atomic E-state index is 13.8. The van der Waals surface area contributed by atoms with Gasteiger partial charge in [0.2, 0.25) is 5.91 Å². The molecule has 6 aromatic rings. The number of rotatable bonds is 11. The number of thiazole rings is 1. The predicted molar refractivity (Wildman–Crippen MR) is 192 cm³/mol. The van der Waals surface area contributed by atoms with Gasteiger partial charge >= 0.3 is 0 Å². The number of thioether (sulfide) groups is 1. The summed E-state index contributed by atoms with van der Waals surface area (Å²) in [6, 6.07) is 38.6. The van der Waals surface area contributed by atoms with Crippen molar-refractivity contribution in [3.05, 3.63) is 161 Å². The summed E-state index contributed by atoms with van der Waals surface area (Å²) in [4.78, 5) is 46.7. The third kappa shape index (κ3) is 8.16. The Morgan fingerprint density at radius 3 is 2.23 bits per heavy atom. The van der Waals surface area contributed by atoms with Crippen LogP contribution in [0, 0.1) is 6.92 Å². The summed E-state index contributed by atoms with van der Waals surface area (Å²) in [7, 11) is 0. The lowest BCUT2D eigenvalue weighted by molar-refractivity contribution is -0.116. The highest BCUT2D eigenvalue weighted by molar-refractivity contribution is 8.00. The molecule has 8 nitrogen and oxygen atoms in total.